The van der Waals surface area contributed by atoms with Gasteiger partial charge in [0.15, 0.2) is 0 Å². The summed E-state index contributed by atoms with van der Waals surface area (Å²) in [5.41, 5.74) is 6.46. The molecule has 2 amide bonds. The molecule has 12 nitrogen and oxygen atoms in total. The van der Waals surface area contributed by atoms with Gasteiger partial charge in [0.1, 0.15) is 17.5 Å². The fourth-order valence-electron chi connectivity index (χ4n) is 6.95. The number of benzene rings is 2. The Kier molecular flexibility index (Phi) is 8.50. The maximum atomic E-state index is 13.2. The quantitative estimate of drug-likeness (QED) is 0.188. The number of nitrogens with zero attached hydrogens (tertiary/aromatic N) is 8. The zero-order chi connectivity index (χ0) is 38.2. The van der Waals surface area contributed by atoms with Crippen molar-refractivity contribution < 1.29 is 18.9 Å². The minimum Gasteiger partial charge on any atom is -0.399 e. The molecule has 2 aromatic carbocycles. The normalized spacial score (nSPS) is 19.1. The Hall–Kier alpha value is -5.40. The van der Waals surface area contributed by atoms with Gasteiger partial charge in [-0.3, -0.25) is 19.4 Å². The highest BCUT2D eigenvalue weighted by Crippen LogP contribution is 2.47. The number of carbonyl (C=O) groups is 2. The van der Waals surface area contributed by atoms with Gasteiger partial charge in [0, 0.05) is 23.9 Å². The third-order valence-electron chi connectivity index (χ3n) is 11.1. The van der Waals surface area contributed by atoms with Crippen LogP contribution in [0.5, 0.6) is 0 Å². The van der Waals surface area contributed by atoms with Crippen molar-refractivity contribution in [3.63, 3.8) is 0 Å². The van der Waals surface area contributed by atoms with Gasteiger partial charge in [-0.05, 0) is 103 Å². The molecule has 54 heavy (non-hydrogen) atoms. The van der Waals surface area contributed by atoms with E-state index in [-0.39, 0.29) is 11.8 Å². The summed E-state index contributed by atoms with van der Waals surface area (Å²) in [5.74, 6) is 2.85. The van der Waals surface area contributed by atoms with Crippen LogP contribution in [0.2, 0.25) is 0 Å². The van der Waals surface area contributed by atoms with Gasteiger partial charge in [0.05, 0.1) is 70.6 Å². The van der Waals surface area contributed by atoms with E-state index >= 15 is 0 Å². The van der Waals surface area contributed by atoms with Crippen LogP contribution in [0.3, 0.4) is 0 Å². The lowest BCUT2D eigenvalue weighted by atomic mass is 9.78. The predicted molar refractivity (Wildman–Crippen MR) is 206 cm³/mol. The molecule has 0 spiro atoms. The third kappa shape index (κ3) is 6.24. The highest BCUT2D eigenvalue weighted by Gasteiger charge is 2.52. The van der Waals surface area contributed by atoms with Crippen molar-refractivity contribution in [3.8, 4) is 11.1 Å². The summed E-state index contributed by atoms with van der Waals surface area (Å²) in [6.45, 7) is 15.7. The lowest BCUT2D eigenvalue weighted by molar-refractivity contribution is -0.121. The molecule has 1 saturated carbocycles. The van der Waals surface area contributed by atoms with E-state index in [2.05, 4.69) is 29.9 Å². The van der Waals surface area contributed by atoms with E-state index in [1.807, 2.05) is 104 Å². The molecule has 1 aliphatic carbocycles. The molecule has 9 rings (SSSR count). The van der Waals surface area contributed by atoms with E-state index in [1.54, 1.807) is 34.6 Å². The van der Waals surface area contributed by atoms with Gasteiger partial charge in [-0.1, -0.05) is 24.3 Å². The van der Waals surface area contributed by atoms with Gasteiger partial charge in [0.25, 0.3) is 0 Å². The molecule has 6 heterocycles. The number of aromatic nitrogens is 6. The topological polar surface area (TPSA) is 136 Å². The second kappa shape index (κ2) is 12.9. The molecule has 5 aromatic rings. The Balaban J connectivity index is 0.000000154. The van der Waals surface area contributed by atoms with Crippen molar-refractivity contribution in [1.82, 2.24) is 29.9 Å². The van der Waals surface area contributed by atoms with E-state index in [0.29, 0.717) is 35.4 Å². The van der Waals surface area contributed by atoms with Gasteiger partial charge in [0.2, 0.25) is 11.8 Å². The van der Waals surface area contributed by atoms with Gasteiger partial charge in [-0.2, -0.15) is 0 Å². The zero-order valence-electron chi connectivity index (χ0n) is 31.9. The molecular weight excluding hydrogens is 679 g/mol. The van der Waals surface area contributed by atoms with E-state index < -0.39 is 23.7 Å². The molecule has 0 atom stereocenters. The van der Waals surface area contributed by atoms with Crippen LogP contribution in [-0.4, -0.2) is 60.0 Å². The van der Waals surface area contributed by atoms with Crippen molar-refractivity contribution in [3.05, 3.63) is 102 Å². The van der Waals surface area contributed by atoms with Crippen LogP contribution in [0.25, 0.3) is 11.1 Å². The lowest BCUT2D eigenvalue weighted by Gasteiger charge is -2.32. The Labute approximate surface area is 315 Å². The number of anilines is 4. The predicted octanol–water partition coefficient (Wildman–Crippen LogP) is 6.38. The van der Waals surface area contributed by atoms with Crippen LogP contribution >= 0.6 is 0 Å². The maximum Gasteiger partial charge on any atom is 0.494 e. The molecule has 274 valence electrons. The molecule has 2 fully saturated rings. The molecule has 4 aliphatic rings. The number of hydrogen-bond acceptors (Lipinski definition) is 10. The van der Waals surface area contributed by atoms with Crippen LogP contribution in [0.4, 0.5) is 22.7 Å². The highest BCUT2D eigenvalue weighted by molar-refractivity contribution is 6.62. The molecule has 0 radical (unpaired) electrons. The van der Waals surface area contributed by atoms with Crippen molar-refractivity contribution in [2.75, 3.05) is 9.80 Å². The number of carbonyl (C=O) groups excluding carboxylic acids is 2. The maximum absolute atomic E-state index is 13.2. The first-order chi connectivity index (χ1) is 25.6. The first-order valence-corrected chi connectivity index (χ1v) is 18.3. The Bertz CT molecular complexity index is 2260. The Morgan fingerprint density at radius 2 is 1.24 bits per heavy atom. The fraction of sp³-hybridized carbons (Fsp3) is 0.366. The van der Waals surface area contributed by atoms with Crippen molar-refractivity contribution in [2.24, 2.45) is 0 Å². The monoisotopic (exact) mass is 722 g/mol. The first kappa shape index (κ1) is 35.6. The highest BCUT2D eigenvalue weighted by atomic mass is 16.7. The molecule has 13 heteroatoms. The number of fused-ring (bicyclic) bond motifs is 2. The number of rotatable bonds is 5. The largest absolute Gasteiger partial charge is 0.494 e. The zero-order valence-corrected chi connectivity index (χ0v) is 31.9. The minimum absolute atomic E-state index is 0.0125. The summed E-state index contributed by atoms with van der Waals surface area (Å²) in [4.78, 5) is 55.2. The molecule has 3 aliphatic heterocycles. The molecular formula is C41H43BN8O4. The standard InChI is InChI=1S/C22H21N5O.C19H22BN3O3/c1-13-23-11-17(12-24-13)27-19-8-15(6-7-18(19)22(2,3)21(27)28)16-9-25-20(26-10-16)14-4-5-14;1-12-21-10-15(11-22-12)23-16-9-14(7-6-13(16)8-17(23)24)20-25-18(2,3)19(4,5)26-20/h6-12,14H,4-5H2,1-3H3;6-7,9-11H,8H2,1-5H3. The summed E-state index contributed by atoms with van der Waals surface area (Å²) >= 11 is 0. The number of hydrogen-bond donors (Lipinski definition) is 0. The molecule has 0 N–H and O–H groups in total. The smallest absolute Gasteiger partial charge is 0.399 e. The van der Waals surface area contributed by atoms with Crippen molar-refractivity contribution in [2.45, 2.75) is 97.2 Å². The van der Waals surface area contributed by atoms with E-state index in [0.717, 1.165) is 44.9 Å². The van der Waals surface area contributed by atoms with Crippen LogP contribution in [0.15, 0.2) is 73.6 Å². The van der Waals surface area contributed by atoms with Crippen molar-refractivity contribution in [1.29, 1.82) is 0 Å². The van der Waals surface area contributed by atoms with Gasteiger partial charge in [-0.25, -0.2) is 29.9 Å². The summed E-state index contributed by atoms with van der Waals surface area (Å²) in [5, 5.41) is 0. The Morgan fingerprint density at radius 1 is 0.667 bits per heavy atom. The number of aryl methyl sites for hydroxylation is 2. The number of amides is 2. The van der Waals surface area contributed by atoms with Crippen LogP contribution in [0.1, 0.15) is 88.9 Å². The third-order valence-corrected chi connectivity index (χ3v) is 11.1. The van der Waals surface area contributed by atoms with Gasteiger partial charge >= 0.3 is 7.12 Å². The van der Waals surface area contributed by atoms with E-state index in [4.69, 9.17) is 9.31 Å². The van der Waals surface area contributed by atoms with Gasteiger partial charge < -0.3 is 9.31 Å². The van der Waals surface area contributed by atoms with E-state index in [1.165, 1.54) is 12.8 Å². The van der Waals surface area contributed by atoms with Crippen LogP contribution in [0, 0.1) is 13.8 Å². The minimum atomic E-state index is -0.606. The molecule has 1 saturated heterocycles. The SMILES string of the molecule is Cc1ncc(N2C(=O)C(C)(C)c3ccc(-c4cnc(C5CC5)nc4)cc32)cn1.Cc1ncc(N2C(=O)Cc3ccc(B4OC(C)(C)C(C)(C)O4)cc32)cn1. The van der Waals surface area contributed by atoms with Crippen LogP contribution in [-0.2, 0) is 30.7 Å². The van der Waals surface area contributed by atoms with Crippen LogP contribution < -0.4 is 15.3 Å². The summed E-state index contributed by atoms with van der Waals surface area (Å²) < 4.78 is 12.3. The average molecular weight is 723 g/mol. The molecule has 0 bridgehead atoms. The van der Waals surface area contributed by atoms with Crippen molar-refractivity contribution >= 4 is 47.1 Å². The summed E-state index contributed by atoms with van der Waals surface area (Å²) in [7, 11) is -0.461. The second-order valence-corrected chi connectivity index (χ2v) is 16.0. The van der Waals surface area contributed by atoms with Gasteiger partial charge in [-0.15, -0.1) is 0 Å². The second-order valence-electron chi connectivity index (χ2n) is 16.0. The van der Waals surface area contributed by atoms with E-state index in [9.17, 15) is 9.59 Å². The lowest BCUT2D eigenvalue weighted by Crippen LogP contribution is -2.41. The summed E-state index contributed by atoms with van der Waals surface area (Å²) in [6, 6.07) is 12.0. The Morgan fingerprint density at radius 3 is 1.81 bits per heavy atom. The first-order valence-electron chi connectivity index (χ1n) is 18.3. The molecule has 0 unspecified atom stereocenters. The average Bonchev–Trinajstić information content (AvgIpc) is 3.86. The molecule has 3 aromatic heterocycles. The summed E-state index contributed by atoms with van der Waals surface area (Å²) in [6.07, 6.45) is 13.2. The fourth-order valence-corrected chi connectivity index (χ4v) is 6.95.